The summed E-state index contributed by atoms with van der Waals surface area (Å²) in [6.45, 7) is -0.598. The standard InChI is InChI=1S/C17H14F6N2O2/c18-16(19,20)12-5-3-6-13(8-12)24-10-15(26)25-9-11-4-1-2-7-14(11)27-17(21,22)23/h1-8,24H,9-10H2,(H,25,26). The third-order valence-electron chi connectivity index (χ3n) is 3.32. The molecule has 0 aromatic heterocycles. The maximum absolute atomic E-state index is 12.6. The van der Waals surface area contributed by atoms with Crippen LogP contribution >= 0.6 is 0 Å². The summed E-state index contributed by atoms with van der Waals surface area (Å²) in [5.74, 6) is -1.06. The van der Waals surface area contributed by atoms with E-state index in [1.165, 1.54) is 30.3 Å². The quantitative estimate of drug-likeness (QED) is 0.720. The van der Waals surface area contributed by atoms with E-state index < -0.39 is 29.8 Å². The summed E-state index contributed by atoms with van der Waals surface area (Å²) in [5.41, 5.74) is -0.686. The van der Waals surface area contributed by atoms with Gasteiger partial charge in [-0.2, -0.15) is 13.2 Å². The zero-order valence-electron chi connectivity index (χ0n) is 13.6. The maximum Gasteiger partial charge on any atom is 0.573 e. The van der Waals surface area contributed by atoms with Crippen LogP contribution in [0.1, 0.15) is 11.1 Å². The number of hydrogen-bond acceptors (Lipinski definition) is 3. The van der Waals surface area contributed by atoms with Gasteiger partial charge in [0.05, 0.1) is 12.1 Å². The van der Waals surface area contributed by atoms with Crippen molar-refractivity contribution in [1.82, 2.24) is 5.32 Å². The first-order chi connectivity index (χ1) is 12.5. The Labute approximate surface area is 150 Å². The number of alkyl halides is 6. The summed E-state index contributed by atoms with van der Waals surface area (Å²) in [7, 11) is 0. The Morgan fingerprint density at radius 2 is 1.67 bits per heavy atom. The van der Waals surface area contributed by atoms with Crippen LogP contribution in [0, 0.1) is 0 Å². The fourth-order valence-corrected chi connectivity index (χ4v) is 2.12. The highest BCUT2D eigenvalue weighted by atomic mass is 19.4. The molecule has 0 aliphatic rings. The molecular formula is C17H14F6N2O2. The van der Waals surface area contributed by atoms with Crippen LogP contribution in [-0.4, -0.2) is 18.8 Å². The number of amides is 1. The van der Waals surface area contributed by atoms with Crippen molar-refractivity contribution in [3.05, 3.63) is 59.7 Å². The molecule has 2 rings (SSSR count). The predicted octanol–water partition coefficient (Wildman–Crippen LogP) is 4.33. The van der Waals surface area contributed by atoms with Gasteiger partial charge in [0.1, 0.15) is 5.75 Å². The summed E-state index contributed by atoms with van der Waals surface area (Å²) < 4.78 is 78.8. The maximum atomic E-state index is 12.6. The molecule has 2 aromatic rings. The highest BCUT2D eigenvalue weighted by Gasteiger charge is 2.32. The summed E-state index contributed by atoms with van der Waals surface area (Å²) in [4.78, 5) is 11.8. The Hall–Kier alpha value is -2.91. The molecule has 1 amide bonds. The topological polar surface area (TPSA) is 50.4 Å². The first-order valence-corrected chi connectivity index (χ1v) is 7.56. The second-order valence-corrected chi connectivity index (χ2v) is 5.36. The number of halogens is 6. The van der Waals surface area contributed by atoms with Crippen LogP contribution in [0.5, 0.6) is 5.75 Å². The van der Waals surface area contributed by atoms with E-state index in [1.807, 2.05) is 0 Å². The normalized spacial score (nSPS) is 11.8. The molecule has 0 atom stereocenters. The molecule has 0 spiro atoms. The van der Waals surface area contributed by atoms with Crippen LogP contribution in [0.15, 0.2) is 48.5 Å². The number of hydrogen-bond donors (Lipinski definition) is 2. The number of carbonyl (C=O) groups excluding carboxylic acids is 1. The molecule has 27 heavy (non-hydrogen) atoms. The van der Waals surface area contributed by atoms with Crippen LogP contribution in [0.4, 0.5) is 32.0 Å². The van der Waals surface area contributed by atoms with E-state index in [-0.39, 0.29) is 24.3 Å². The summed E-state index contributed by atoms with van der Waals surface area (Å²) >= 11 is 0. The van der Waals surface area contributed by atoms with Crippen LogP contribution in [-0.2, 0) is 17.5 Å². The highest BCUT2D eigenvalue weighted by molar-refractivity contribution is 5.80. The lowest BCUT2D eigenvalue weighted by Crippen LogP contribution is -2.30. The first kappa shape index (κ1) is 20.4. The molecule has 2 aromatic carbocycles. The molecule has 4 nitrogen and oxygen atoms in total. The molecule has 146 valence electrons. The summed E-state index contributed by atoms with van der Waals surface area (Å²) in [6, 6.07) is 9.57. The smallest absolute Gasteiger partial charge is 0.405 e. The predicted molar refractivity (Wildman–Crippen MR) is 84.9 cm³/mol. The van der Waals surface area contributed by atoms with Crippen molar-refractivity contribution in [1.29, 1.82) is 0 Å². The van der Waals surface area contributed by atoms with Gasteiger partial charge in [0.25, 0.3) is 0 Å². The average Bonchev–Trinajstić information content (AvgIpc) is 2.57. The Morgan fingerprint density at radius 3 is 2.33 bits per heavy atom. The zero-order valence-corrected chi connectivity index (χ0v) is 13.6. The number of rotatable bonds is 6. The minimum absolute atomic E-state index is 0.0841. The van der Waals surface area contributed by atoms with Crippen LogP contribution in [0.2, 0.25) is 0 Å². The number of nitrogens with one attached hydrogen (secondary N) is 2. The molecule has 2 N–H and O–H groups in total. The van der Waals surface area contributed by atoms with Gasteiger partial charge in [-0.15, -0.1) is 13.2 Å². The van der Waals surface area contributed by atoms with Crippen LogP contribution in [0.3, 0.4) is 0 Å². The lowest BCUT2D eigenvalue weighted by molar-refractivity contribution is -0.274. The van der Waals surface area contributed by atoms with Gasteiger partial charge in [-0.1, -0.05) is 24.3 Å². The van der Waals surface area contributed by atoms with Gasteiger partial charge in [-0.3, -0.25) is 4.79 Å². The minimum Gasteiger partial charge on any atom is -0.405 e. The Bertz CT molecular complexity index is 789. The SMILES string of the molecule is O=C(CNc1cccc(C(F)(F)F)c1)NCc1ccccc1OC(F)(F)F. The van der Waals surface area contributed by atoms with E-state index in [0.717, 1.165) is 18.2 Å². The van der Waals surface area contributed by atoms with Crippen molar-refractivity contribution in [2.45, 2.75) is 19.1 Å². The van der Waals surface area contributed by atoms with Gasteiger partial charge in [-0.25, -0.2) is 0 Å². The Morgan fingerprint density at radius 1 is 0.963 bits per heavy atom. The minimum atomic E-state index is -4.87. The molecule has 0 saturated carbocycles. The molecule has 0 unspecified atom stereocenters. The average molecular weight is 392 g/mol. The van der Waals surface area contributed by atoms with Crippen LogP contribution in [0.25, 0.3) is 0 Å². The van der Waals surface area contributed by atoms with Crippen molar-refractivity contribution in [2.24, 2.45) is 0 Å². The number of benzene rings is 2. The van der Waals surface area contributed by atoms with Gasteiger partial charge >= 0.3 is 12.5 Å². The third kappa shape index (κ3) is 6.72. The number of carbonyl (C=O) groups is 1. The van der Waals surface area contributed by atoms with Crippen molar-refractivity contribution < 1.29 is 35.9 Å². The molecule has 0 heterocycles. The fourth-order valence-electron chi connectivity index (χ4n) is 2.12. The largest absolute Gasteiger partial charge is 0.573 e. The Kier molecular flexibility index (Phi) is 6.19. The highest BCUT2D eigenvalue weighted by Crippen LogP contribution is 2.30. The number of ether oxygens (including phenoxy) is 1. The molecule has 0 bridgehead atoms. The van der Waals surface area contributed by atoms with Gasteiger partial charge in [0.15, 0.2) is 0 Å². The molecule has 0 aliphatic heterocycles. The second kappa shape index (κ2) is 8.19. The molecule has 0 fully saturated rings. The second-order valence-electron chi connectivity index (χ2n) is 5.36. The fraction of sp³-hybridized carbons (Fsp3) is 0.235. The van der Waals surface area contributed by atoms with E-state index >= 15 is 0 Å². The van der Waals surface area contributed by atoms with Crippen molar-refractivity contribution >= 4 is 11.6 Å². The monoisotopic (exact) mass is 392 g/mol. The number of anilines is 1. The molecule has 0 aliphatic carbocycles. The van der Waals surface area contributed by atoms with E-state index in [0.29, 0.717) is 0 Å². The van der Waals surface area contributed by atoms with Crippen molar-refractivity contribution in [3.63, 3.8) is 0 Å². The van der Waals surface area contributed by atoms with E-state index in [9.17, 15) is 31.1 Å². The summed E-state index contributed by atoms with van der Waals surface area (Å²) in [5, 5.41) is 4.89. The van der Waals surface area contributed by atoms with E-state index in [4.69, 9.17) is 0 Å². The lowest BCUT2D eigenvalue weighted by atomic mass is 10.2. The van der Waals surface area contributed by atoms with E-state index in [2.05, 4.69) is 15.4 Å². The first-order valence-electron chi connectivity index (χ1n) is 7.56. The van der Waals surface area contributed by atoms with E-state index in [1.54, 1.807) is 0 Å². The van der Waals surface area contributed by atoms with Crippen LogP contribution < -0.4 is 15.4 Å². The molecular weight excluding hydrogens is 378 g/mol. The van der Waals surface area contributed by atoms with Crippen molar-refractivity contribution in [3.8, 4) is 5.75 Å². The zero-order chi connectivity index (χ0) is 20.1. The Balaban J connectivity index is 1.91. The summed E-state index contributed by atoms with van der Waals surface area (Å²) in [6.07, 6.45) is -9.38. The van der Waals surface area contributed by atoms with Crippen molar-refractivity contribution in [2.75, 3.05) is 11.9 Å². The lowest BCUT2D eigenvalue weighted by Gasteiger charge is -2.14. The number of para-hydroxylation sites is 1. The van der Waals surface area contributed by atoms with Gasteiger partial charge < -0.3 is 15.4 Å². The van der Waals surface area contributed by atoms with Gasteiger partial charge in [0, 0.05) is 17.8 Å². The van der Waals surface area contributed by atoms with Gasteiger partial charge in [0.2, 0.25) is 5.91 Å². The third-order valence-corrected chi connectivity index (χ3v) is 3.32. The molecule has 0 radical (unpaired) electrons. The molecule has 10 heteroatoms. The van der Waals surface area contributed by atoms with Gasteiger partial charge in [-0.05, 0) is 24.3 Å². The molecule has 0 saturated heterocycles.